The van der Waals surface area contributed by atoms with Gasteiger partial charge in [0.2, 0.25) is 0 Å². The molecule has 20 heavy (non-hydrogen) atoms. The van der Waals surface area contributed by atoms with E-state index in [9.17, 15) is 5.11 Å². The van der Waals surface area contributed by atoms with Crippen molar-refractivity contribution in [2.75, 3.05) is 11.9 Å². The molecule has 0 aliphatic rings. The standard InChI is InChI=1S/C14H15N5O/c1-19-9-17-13(18-19)5-7-16-14-12-8-11(20)3-2-10(12)4-6-15-14/h2-4,6,8-9,20H,5,7H2,1H3,(H,15,16). The Morgan fingerprint density at radius 1 is 1.25 bits per heavy atom. The molecule has 0 amide bonds. The second-order valence-electron chi connectivity index (χ2n) is 4.58. The van der Waals surface area contributed by atoms with E-state index >= 15 is 0 Å². The van der Waals surface area contributed by atoms with Crippen LogP contribution in [0.25, 0.3) is 10.8 Å². The predicted molar refractivity (Wildman–Crippen MR) is 76.6 cm³/mol. The summed E-state index contributed by atoms with van der Waals surface area (Å²) in [6.45, 7) is 0.686. The molecule has 102 valence electrons. The molecule has 3 aromatic rings. The number of rotatable bonds is 4. The van der Waals surface area contributed by atoms with Gasteiger partial charge in [0.25, 0.3) is 0 Å². The van der Waals surface area contributed by atoms with Gasteiger partial charge in [-0.3, -0.25) is 4.68 Å². The molecule has 0 saturated carbocycles. The van der Waals surface area contributed by atoms with Crippen LogP contribution in [-0.4, -0.2) is 31.4 Å². The summed E-state index contributed by atoms with van der Waals surface area (Å²) in [5, 5.41) is 19.0. The van der Waals surface area contributed by atoms with Crippen molar-refractivity contribution >= 4 is 16.6 Å². The van der Waals surface area contributed by atoms with Crippen LogP contribution in [0.3, 0.4) is 0 Å². The molecule has 0 saturated heterocycles. The molecule has 2 heterocycles. The van der Waals surface area contributed by atoms with Gasteiger partial charge in [-0.15, -0.1) is 0 Å². The fraction of sp³-hybridized carbons (Fsp3) is 0.214. The van der Waals surface area contributed by atoms with Crippen LogP contribution in [0.1, 0.15) is 5.82 Å². The summed E-state index contributed by atoms with van der Waals surface area (Å²) in [6.07, 6.45) is 4.15. The minimum absolute atomic E-state index is 0.236. The number of hydrogen-bond donors (Lipinski definition) is 2. The van der Waals surface area contributed by atoms with Crippen molar-refractivity contribution in [2.45, 2.75) is 6.42 Å². The summed E-state index contributed by atoms with van der Waals surface area (Å²) in [7, 11) is 1.85. The number of phenols is 1. The Bertz CT molecular complexity index is 737. The van der Waals surface area contributed by atoms with Crippen molar-refractivity contribution in [3.8, 4) is 5.75 Å². The smallest absolute Gasteiger partial charge is 0.152 e. The van der Waals surface area contributed by atoms with E-state index < -0.39 is 0 Å². The summed E-state index contributed by atoms with van der Waals surface area (Å²) < 4.78 is 1.68. The largest absolute Gasteiger partial charge is 0.508 e. The Balaban J connectivity index is 1.75. The average molecular weight is 269 g/mol. The highest BCUT2D eigenvalue weighted by atomic mass is 16.3. The monoisotopic (exact) mass is 269 g/mol. The van der Waals surface area contributed by atoms with Gasteiger partial charge in [-0.1, -0.05) is 6.07 Å². The topological polar surface area (TPSA) is 75.9 Å². The second kappa shape index (κ2) is 5.16. The minimum Gasteiger partial charge on any atom is -0.508 e. The van der Waals surface area contributed by atoms with E-state index in [2.05, 4.69) is 20.4 Å². The summed E-state index contributed by atoms with van der Waals surface area (Å²) in [4.78, 5) is 8.49. The highest BCUT2D eigenvalue weighted by Gasteiger charge is 2.04. The van der Waals surface area contributed by atoms with Crippen LogP contribution in [-0.2, 0) is 13.5 Å². The van der Waals surface area contributed by atoms with Gasteiger partial charge >= 0.3 is 0 Å². The Morgan fingerprint density at radius 3 is 2.95 bits per heavy atom. The van der Waals surface area contributed by atoms with Gasteiger partial charge in [-0.25, -0.2) is 9.97 Å². The van der Waals surface area contributed by atoms with Gasteiger partial charge in [-0.05, 0) is 23.6 Å². The number of hydrogen-bond acceptors (Lipinski definition) is 5. The van der Waals surface area contributed by atoms with Gasteiger partial charge in [0.15, 0.2) is 5.82 Å². The Morgan fingerprint density at radius 2 is 2.15 bits per heavy atom. The number of nitrogens with one attached hydrogen (secondary N) is 1. The molecule has 1 aromatic carbocycles. The van der Waals surface area contributed by atoms with Crippen LogP contribution < -0.4 is 5.32 Å². The number of benzene rings is 1. The molecule has 3 rings (SSSR count). The molecular formula is C14H15N5O. The first-order chi connectivity index (χ1) is 9.72. The minimum atomic E-state index is 0.236. The molecule has 2 aromatic heterocycles. The molecule has 0 bridgehead atoms. The van der Waals surface area contributed by atoms with Crippen molar-refractivity contribution < 1.29 is 5.11 Å². The normalized spacial score (nSPS) is 10.8. The third-order valence-corrected chi connectivity index (χ3v) is 3.04. The Hall–Kier alpha value is -2.63. The number of aryl methyl sites for hydroxylation is 1. The molecule has 0 aliphatic carbocycles. The van der Waals surface area contributed by atoms with E-state index in [1.54, 1.807) is 29.3 Å². The molecule has 2 N–H and O–H groups in total. The van der Waals surface area contributed by atoms with Crippen LogP contribution in [0.5, 0.6) is 5.75 Å². The van der Waals surface area contributed by atoms with Crippen LogP contribution in [0.15, 0.2) is 36.8 Å². The predicted octanol–water partition coefficient (Wildman–Crippen LogP) is 1.72. The third kappa shape index (κ3) is 2.54. The van der Waals surface area contributed by atoms with E-state index in [-0.39, 0.29) is 5.75 Å². The average Bonchev–Trinajstić information content (AvgIpc) is 2.85. The maximum atomic E-state index is 9.58. The van der Waals surface area contributed by atoms with Gasteiger partial charge in [0.1, 0.15) is 17.9 Å². The summed E-state index contributed by atoms with van der Waals surface area (Å²) in [6, 6.07) is 7.17. The van der Waals surface area contributed by atoms with E-state index in [0.717, 1.165) is 28.8 Å². The van der Waals surface area contributed by atoms with E-state index in [1.165, 1.54) is 0 Å². The van der Waals surface area contributed by atoms with E-state index in [4.69, 9.17) is 0 Å². The lowest BCUT2D eigenvalue weighted by Crippen LogP contribution is -2.08. The van der Waals surface area contributed by atoms with Crippen LogP contribution in [0.2, 0.25) is 0 Å². The zero-order valence-corrected chi connectivity index (χ0v) is 11.1. The Kier molecular flexibility index (Phi) is 3.20. The first-order valence-corrected chi connectivity index (χ1v) is 6.38. The summed E-state index contributed by atoms with van der Waals surface area (Å²) in [5.74, 6) is 1.79. The molecule has 0 fully saturated rings. The molecular weight excluding hydrogens is 254 g/mol. The molecule has 0 aliphatic heterocycles. The fourth-order valence-electron chi connectivity index (χ4n) is 2.09. The molecule has 0 spiro atoms. The van der Waals surface area contributed by atoms with Crippen molar-refractivity contribution in [2.24, 2.45) is 7.05 Å². The first kappa shape index (κ1) is 12.4. The number of phenolic OH excluding ortho intramolecular Hbond substituents is 1. The van der Waals surface area contributed by atoms with Gasteiger partial charge in [0, 0.05) is 31.6 Å². The molecule has 0 atom stereocenters. The Labute approximate surface area is 116 Å². The lowest BCUT2D eigenvalue weighted by molar-refractivity contribution is 0.476. The SMILES string of the molecule is Cn1cnc(CCNc2nccc3ccc(O)cc23)n1. The zero-order valence-electron chi connectivity index (χ0n) is 11.1. The van der Waals surface area contributed by atoms with Gasteiger partial charge < -0.3 is 10.4 Å². The van der Waals surface area contributed by atoms with E-state index in [0.29, 0.717) is 6.54 Å². The second-order valence-corrected chi connectivity index (χ2v) is 4.58. The lowest BCUT2D eigenvalue weighted by Gasteiger charge is -2.08. The van der Waals surface area contributed by atoms with E-state index in [1.807, 2.05) is 19.2 Å². The molecule has 6 heteroatoms. The zero-order chi connectivity index (χ0) is 13.9. The first-order valence-electron chi connectivity index (χ1n) is 6.38. The summed E-state index contributed by atoms with van der Waals surface area (Å²) >= 11 is 0. The van der Waals surface area contributed by atoms with Crippen molar-refractivity contribution in [3.63, 3.8) is 0 Å². The lowest BCUT2D eigenvalue weighted by atomic mass is 10.1. The number of aromatic nitrogens is 4. The molecule has 0 unspecified atom stereocenters. The van der Waals surface area contributed by atoms with Crippen LogP contribution in [0.4, 0.5) is 5.82 Å². The van der Waals surface area contributed by atoms with Crippen molar-refractivity contribution in [3.05, 3.63) is 42.6 Å². The maximum absolute atomic E-state index is 9.58. The number of pyridine rings is 1. The van der Waals surface area contributed by atoms with Gasteiger partial charge in [-0.2, -0.15) is 5.10 Å². The maximum Gasteiger partial charge on any atom is 0.152 e. The fourth-order valence-corrected chi connectivity index (χ4v) is 2.09. The quantitative estimate of drug-likeness (QED) is 0.754. The molecule has 0 radical (unpaired) electrons. The third-order valence-electron chi connectivity index (χ3n) is 3.04. The number of anilines is 1. The number of nitrogens with zero attached hydrogens (tertiary/aromatic N) is 4. The van der Waals surface area contributed by atoms with Crippen LogP contribution >= 0.6 is 0 Å². The highest BCUT2D eigenvalue weighted by molar-refractivity contribution is 5.92. The molecule has 6 nitrogen and oxygen atoms in total. The highest BCUT2D eigenvalue weighted by Crippen LogP contribution is 2.24. The number of fused-ring (bicyclic) bond motifs is 1. The number of aromatic hydroxyl groups is 1. The summed E-state index contributed by atoms with van der Waals surface area (Å²) in [5.41, 5.74) is 0. The van der Waals surface area contributed by atoms with Crippen LogP contribution in [0, 0.1) is 0 Å². The van der Waals surface area contributed by atoms with Gasteiger partial charge in [0.05, 0.1) is 0 Å². The van der Waals surface area contributed by atoms with Crippen molar-refractivity contribution in [1.82, 2.24) is 19.7 Å². The van der Waals surface area contributed by atoms with Crippen molar-refractivity contribution in [1.29, 1.82) is 0 Å².